The van der Waals surface area contributed by atoms with Crippen LogP contribution in [-0.4, -0.2) is 37.2 Å². The summed E-state index contributed by atoms with van der Waals surface area (Å²) < 4.78 is 5.15. The van der Waals surface area contributed by atoms with Crippen molar-refractivity contribution < 1.29 is 4.74 Å². The van der Waals surface area contributed by atoms with Gasteiger partial charge in [-0.1, -0.05) is 32.5 Å². The van der Waals surface area contributed by atoms with Gasteiger partial charge in [-0.15, -0.1) is 0 Å². The van der Waals surface area contributed by atoms with Gasteiger partial charge in [0.2, 0.25) is 0 Å². The first-order chi connectivity index (χ1) is 7.07. The molecule has 1 aliphatic heterocycles. The van der Waals surface area contributed by atoms with Crippen LogP contribution in [0.3, 0.4) is 0 Å². The summed E-state index contributed by atoms with van der Waals surface area (Å²) in [6.07, 6.45) is 1.07. The molecular formula is C11H22N2OS. The van der Waals surface area contributed by atoms with E-state index in [-0.39, 0.29) is 0 Å². The summed E-state index contributed by atoms with van der Waals surface area (Å²) in [6.45, 7) is 8.35. The molecule has 1 heterocycles. The van der Waals surface area contributed by atoms with Crippen molar-refractivity contribution >= 4 is 16.9 Å². The Kier molecular flexibility index (Phi) is 4.93. The van der Waals surface area contributed by atoms with Gasteiger partial charge in [0.1, 0.15) is 0 Å². The minimum atomic E-state index is 0.346. The second kappa shape index (κ2) is 5.75. The Hall–Kier alpha value is -0.220. The maximum absolute atomic E-state index is 5.15. The van der Waals surface area contributed by atoms with Gasteiger partial charge in [-0.25, -0.2) is 0 Å². The number of ether oxygens (including phenoxy) is 1. The monoisotopic (exact) mass is 230 g/mol. The van der Waals surface area contributed by atoms with Gasteiger partial charge in [-0.05, 0) is 11.8 Å². The third-order valence-corrected chi connectivity index (χ3v) is 3.88. The molecule has 1 unspecified atom stereocenters. The highest BCUT2D eigenvalue weighted by Crippen LogP contribution is 2.27. The molecule has 0 saturated heterocycles. The molecule has 0 radical (unpaired) electrons. The van der Waals surface area contributed by atoms with E-state index in [2.05, 4.69) is 31.1 Å². The number of hydrogen-bond acceptors (Lipinski definition) is 4. The number of nitrogens with one attached hydrogen (secondary N) is 1. The van der Waals surface area contributed by atoms with Crippen molar-refractivity contribution in [1.82, 2.24) is 5.32 Å². The molecular weight excluding hydrogens is 208 g/mol. The van der Waals surface area contributed by atoms with Gasteiger partial charge in [-0.2, -0.15) is 0 Å². The third-order valence-electron chi connectivity index (χ3n) is 2.44. The zero-order valence-corrected chi connectivity index (χ0v) is 11.0. The highest BCUT2D eigenvalue weighted by Gasteiger charge is 2.24. The Morgan fingerprint density at radius 2 is 2.33 bits per heavy atom. The van der Waals surface area contributed by atoms with E-state index in [4.69, 9.17) is 4.74 Å². The van der Waals surface area contributed by atoms with Crippen LogP contribution in [0.5, 0.6) is 0 Å². The molecule has 1 atom stereocenters. The second-order valence-corrected chi connectivity index (χ2v) is 5.74. The first-order valence-electron chi connectivity index (χ1n) is 5.50. The van der Waals surface area contributed by atoms with Crippen molar-refractivity contribution in [3.8, 4) is 0 Å². The van der Waals surface area contributed by atoms with Gasteiger partial charge in [0.15, 0.2) is 5.17 Å². The fraction of sp³-hybridized carbons (Fsp3) is 0.909. The molecule has 88 valence electrons. The lowest BCUT2D eigenvalue weighted by molar-refractivity contribution is 0.172. The predicted octanol–water partition coefficient (Wildman–Crippen LogP) is 2.13. The van der Waals surface area contributed by atoms with Gasteiger partial charge < -0.3 is 10.1 Å². The van der Waals surface area contributed by atoms with Crippen LogP contribution >= 0.6 is 11.8 Å². The lowest BCUT2D eigenvalue weighted by Crippen LogP contribution is -2.39. The van der Waals surface area contributed by atoms with Crippen LogP contribution in [0.15, 0.2) is 4.99 Å². The molecule has 0 bridgehead atoms. The highest BCUT2D eigenvalue weighted by molar-refractivity contribution is 8.13. The van der Waals surface area contributed by atoms with Crippen LogP contribution < -0.4 is 5.32 Å². The molecule has 1 rings (SSSR count). The van der Waals surface area contributed by atoms with Crippen LogP contribution in [0, 0.1) is 5.41 Å². The number of methoxy groups -OCH3 is 1. The first kappa shape index (κ1) is 12.8. The van der Waals surface area contributed by atoms with E-state index in [1.54, 1.807) is 7.11 Å². The first-order valence-corrected chi connectivity index (χ1v) is 6.48. The zero-order valence-electron chi connectivity index (χ0n) is 10.2. The molecule has 3 nitrogen and oxygen atoms in total. The van der Waals surface area contributed by atoms with Gasteiger partial charge in [0.25, 0.3) is 0 Å². The molecule has 1 N–H and O–H groups in total. The van der Waals surface area contributed by atoms with Crippen molar-refractivity contribution in [3.05, 3.63) is 0 Å². The van der Waals surface area contributed by atoms with E-state index >= 15 is 0 Å². The second-order valence-electron chi connectivity index (χ2n) is 4.78. The minimum absolute atomic E-state index is 0.346. The van der Waals surface area contributed by atoms with Crippen LogP contribution in [0.25, 0.3) is 0 Å². The van der Waals surface area contributed by atoms with Gasteiger partial charge >= 0.3 is 0 Å². The Balaban J connectivity index is 2.42. The number of amidine groups is 1. The molecule has 0 spiro atoms. The molecule has 0 amide bonds. The smallest absolute Gasteiger partial charge is 0.156 e. The highest BCUT2D eigenvalue weighted by atomic mass is 32.2. The van der Waals surface area contributed by atoms with E-state index in [9.17, 15) is 0 Å². The number of hydrogen-bond donors (Lipinski definition) is 1. The quantitative estimate of drug-likeness (QED) is 0.803. The zero-order chi connectivity index (χ0) is 11.3. The molecule has 0 aromatic heterocycles. The summed E-state index contributed by atoms with van der Waals surface area (Å²) in [5.41, 5.74) is 0.346. The maximum atomic E-state index is 5.15. The average Bonchev–Trinajstić information content (AvgIpc) is 2.20. The SMILES string of the molecule is CCC(COC)NC1=NCC(C)(C)CS1. The number of thioether (sulfide) groups is 1. The van der Waals surface area contributed by atoms with Crippen LogP contribution in [0.4, 0.5) is 0 Å². The summed E-state index contributed by atoms with van der Waals surface area (Å²) in [4.78, 5) is 4.57. The fourth-order valence-electron chi connectivity index (χ4n) is 1.37. The largest absolute Gasteiger partial charge is 0.383 e. The molecule has 15 heavy (non-hydrogen) atoms. The Labute approximate surface area is 97.1 Å². The molecule has 0 aromatic rings. The minimum Gasteiger partial charge on any atom is -0.383 e. The van der Waals surface area contributed by atoms with Crippen molar-refractivity contribution in [2.24, 2.45) is 10.4 Å². The summed E-state index contributed by atoms with van der Waals surface area (Å²) in [5, 5.41) is 4.51. The van der Waals surface area contributed by atoms with Crippen molar-refractivity contribution in [2.45, 2.75) is 33.2 Å². The third kappa shape index (κ3) is 4.43. The molecule has 0 aromatic carbocycles. The van der Waals surface area contributed by atoms with Crippen molar-refractivity contribution in [1.29, 1.82) is 0 Å². The van der Waals surface area contributed by atoms with E-state index in [0.29, 0.717) is 11.5 Å². The van der Waals surface area contributed by atoms with E-state index in [1.165, 1.54) is 0 Å². The van der Waals surface area contributed by atoms with E-state index in [1.807, 2.05) is 11.8 Å². The predicted molar refractivity (Wildman–Crippen MR) is 67.6 cm³/mol. The van der Waals surface area contributed by atoms with Crippen LogP contribution in [0.2, 0.25) is 0 Å². The Morgan fingerprint density at radius 1 is 1.60 bits per heavy atom. The lowest BCUT2D eigenvalue weighted by atomic mass is 9.97. The van der Waals surface area contributed by atoms with Crippen LogP contribution in [-0.2, 0) is 4.74 Å². The molecule has 0 fully saturated rings. The summed E-state index contributed by atoms with van der Waals surface area (Å²) >= 11 is 1.82. The van der Waals surface area contributed by atoms with Crippen molar-refractivity contribution in [3.63, 3.8) is 0 Å². The normalized spacial score (nSPS) is 22.0. The maximum Gasteiger partial charge on any atom is 0.156 e. The topological polar surface area (TPSA) is 33.6 Å². The van der Waals surface area contributed by atoms with Gasteiger partial charge in [0, 0.05) is 19.4 Å². The fourth-order valence-corrected chi connectivity index (χ4v) is 2.39. The van der Waals surface area contributed by atoms with Gasteiger partial charge in [-0.3, -0.25) is 4.99 Å². The number of rotatable bonds is 4. The molecule has 1 aliphatic rings. The Morgan fingerprint density at radius 3 is 2.80 bits per heavy atom. The lowest BCUT2D eigenvalue weighted by Gasteiger charge is -2.29. The van der Waals surface area contributed by atoms with E-state index in [0.717, 1.165) is 30.5 Å². The summed E-state index contributed by atoms with van der Waals surface area (Å²) in [5.74, 6) is 1.14. The summed E-state index contributed by atoms with van der Waals surface area (Å²) in [6, 6.07) is 0.391. The van der Waals surface area contributed by atoms with Crippen molar-refractivity contribution in [2.75, 3.05) is 26.0 Å². The number of nitrogens with zero attached hydrogens (tertiary/aromatic N) is 1. The van der Waals surface area contributed by atoms with Gasteiger partial charge in [0.05, 0.1) is 12.6 Å². The Bertz CT molecular complexity index is 229. The van der Waals surface area contributed by atoms with E-state index < -0.39 is 0 Å². The molecule has 0 aliphatic carbocycles. The summed E-state index contributed by atoms with van der Waals surface area (Å²) in [7, 11) is 1.74. The van der Waals surface area contributed by atoms with Crippen LogP contribution in [0.1, 0.15) is 27.2 Å². The molecule has 0 saturated carbocycles. The number of aliphatic imine (C=N–C) groups is 1. The molecule has 4 heteroatoms. The standard InChI is InChI=1S/C11H22N2OS/c1-5-9(6-14-4)13-10-12-7-11(2,3)8-15-10/h9H,5-8H2,1-4H3,(H,12,13). The average molecular weight is 230 g/mol.